The van der Waals surface area contributed by atoms with E-state index >= 15 is 0 Å². The molecule has 0 heterocycles. The summed E-state index contributed by atoms with van der Waals surface area (Å²) in [6.07, 6.45) is 0. The summed E-state index contributed by atoms with van der Waals surface area (Å²) in [5.74, 6) is 0. The minimum atomic E-state index is -2.30. The van der Waals surface area contributed by atoms with Crippen LogP contribution < -0.4 is 10.4 Å². The zero-order valence-corrected chi connectivity index (χ0v) is 38.9. The molecule has 0 amide bonds. The molecule has 56 heavy (non-hydrogen) atoms. The van der Waals surface area contributed by atoms with Crippen LogP contribution in [0.4, 0.5) is 0 Å². The van der Waals surface area contributed by atoms with Crippen LogP contribution in [0.2, 0.25) is 0 Å². The molecule has 8 aromatic carbocycles. The fourth-order valence-electron chi connectivity index (χ4n) is 7.21. The number of halogens is 2. The molecule has 0 aliphatic carbocycles. The summed E-state index contributed by atoms with van der Waals surface area (Å²) >= 11 is -2.30. The summed E-state index contributed by atoms with van der Waals surface area (Å²) in [5, 5.41) is 8.05. The monoisotopic (exact) mass is 864 g/mol. The number of rotatable bonds is 4. The zero-order valence-electron chi connectivity index (χ0n) is 33.9. The van der Waals surface area contributed by atoms with Gasteiger partial charge in [-0.1, -0.05) is 114 Å². The van der Waals surface area contributed by atoms with Gasteiger partial charge in [0.1, 0.15) is 0 Å². The Kier molecular flexibility index (Phi) is 13.6. The van der Waals surface area contributed by atoms with Crippen LogP contribution in [0.25, 0.3) is 43.8 Å². The van der Waals surface area contributed by atoms with Gasteiger partial charge in [0.15, 0.2) is 0 Å². The minimum Gasteiger partial charge on any atom is -0.214 e. The average Bonchev–Trinajstić information content (AvgIpc) is 3.88. The first-order valence-electron chi connectivity index (χ1n) is 19.4. The van der Waals surface area contributed by atoms with E-state index in [4.69, 9.17) is 17.0 Å². The maximum absolute atomic E-state index is 6.40. The van der Waals surface area contributed by atoms with Crippen LogP contribution in [0.1, 0.15) is 63.8 Å². The van der Waals surface area contributed by atoms with E-state index in [0.29, 0.717) is 0 Å². The van der Waals surface area contributed by atoms with Crippen LogP contribution in [-0.4, -0.2) is 5.43 Å². The van der Waals surface area contributed by atoms with Gasteiger partial charge in [-0.05, 0) is 44.2 Å². The summed E-state index contributed by atoms with van der Waals surface area (Å²) < 4.78 is 0. The maximum Gasteiger partial charge on any atom is -0.172 e. The Balaban J connectivity index is 0.000000192. The van der Waals surface area contributed by atoms with Crippen molar-refractivity contribution in [2.45, 2.75) is 66.2 Å². The van der Waals surface area contributed by atoms with Gasteiger partial charge in [0.05, 0.1) is 0 Å². The van der Waals surface area contributed by atoms with Gasteiger partial charge in [0.2, 0.25) is 0 Å². The fraction of sp³-hybridized carbons (Fsp3) is 0.192. The predicted molar refractivity (Wildman–Crippen MR) is 246 cm³/mol. The third-order valence-corrected chi connectivity index (χ3v) is 26.1. The molecule has 0 saturated carbocycles. The molecule has 0 bridgehead atoms. The van der Waals surface area contributed by atoms with Crippen molar-refractivity contribution >= 4 is 54.4 Å². The first-order valence-corrected chi connectivity index (χ1v) is 30.9. The van der Waals surface area contributed by atoms with Gasteiger partial charge in [0, 0.05) is 0 Å². The Morgan fingerprint density at radius 3 is 1.16 bits per heavy atom. The molecule has 0 aromatic heterocycles. The van der Waals surface area contributed by atoms with Gasteiger partial charge in [0.25, 0.3) is 0 Å². The van der Waals surface area contributed by atoms with Crippen LogP contribution in [0.15, 0.2) is 170 Å². The summed E-state index contributed by atoms with van der Waals surface area (Å²) in [7, 11) is 12.8. The molecule has 284 valence electrons. The molecule has 0 fully saturated rings. The molecule has 4 heteroatoms. The molecule has 0 radical (unpaired) electrons. The largest absolute Gasteiger partial charge is 0.214 e. The third kappa shape index (κ3) is 10.2. The van der Waals surface area contributed by atoms with Gasteiger partial charge >= 0.3 is 124 Å². The van der Waals surface area contributed by atoms with Crippen molar-refractivity contribution in [3.8, 4) is 22.3 Å². The van der Waals surface area contributed by atoms with Crippen molar-refractivity contribution in [3.05, 3.63) is 192 Å². The first-order chi connectivity index (χ1) is 26.7. The Morgan fingerprint density at radius 1 is 0.482 bits per heavy atom. The molecule has 0 aliphatic rings. The Hall–Kier alpha value is -3.78. The van der Waals surface area contributed by atoms with Gasteiger partial charge in [-0.25, -0.2) is 12.1 Å². The fourth-order valence-corrected chi connectivity index (χ4v) is 22.4. The minimum absolute atomic E-state index is 0.0554. The molecule has 0 spiro atoms. The molecule has 0 aliphatic heterocycles. The summed E-state index contributed by atoms with van der Waals surface area (Å²) in [6, 6.07) is 61.1. The SMILES string of the molecule is CC(C)(C)c1cc2c(cc1-c1ccccc1)[cH-]c1cc(-c3ccccc3)c(C(C)(C)C)cc12.Cc1ccc([Si](c2ccc(C)cc2)=[Zr]([Cl])[Cl])cc1.c1cc[cH-]c1. The molecule has 0 nitrogen and oxygen atoms in total. The normalized spacial score (nSPS) is 11.4. The zero-order chi connectivity index (χ0) is 40.0. The number of hydrogen-bond acceptors (Lipinski definition) is 0. The second kappa shape index (κ2) is 18.2. The molecule has 8 aromatic rings. The predicted octanol–water partition coefficient (Wildman–Crippen LogP) is 14.4. The second-order valence-electron chi connectivity index (χ2n) is 16.7. The van der Waals surface area contributed by atoms with Crippen molar-refractivity contribution < 1.29 is 18.0 Å². The van der Waals surface area contributed by atoms with E-state index in [9.17, 15) is 0 Å². The summed E-state index contributed by atoms with van der Waals surface area (Å²) in [6.45, 7) is 18.1. The average molecular weight is 867 g/mol. The van der Waals surface area contributed by atoms with Gasteiger partial charge < -0.3 is 0 Å². The topological polar surface area (TPSA) is 0 Å². The van der Waals surface area contributed by atoms with Gasteiger partial charge in [-0.2, -0.15) is 18.2 Å². The standard InChI is InChI=1S/C33H33.C14H14Si.C5H5.2ClH.Zr/c1-32(2,3)30-20-26-24(18-28(30)22-13-9-7-10-14-22)17-25-19-29(23-15-11-8-12-16-23)31(21-27(25)26)33(4,5)6;1-11-3-7-13(8-4-11)15-14-9-5-12(2)6-10-14;1-2-4-5-3-1;;;/h7-21H,1-6H3;3-10H,1-2H3;1-5H;2*1H;/q-1;;-1;;;+2/p-2. The quantitative estimate of drug-likeness (QED) is 0.122. The van der Waals surface area contributed by atoms with Crippen LogP contribution in [-0.2, 0) is 28.8 Å². The van der Waals surface area contributed by atoms with Crippen molar-refractivity contribution in [2.24, 2.45) is 0 Å². The number of aryl methyl sites for hydroxylation is 2. The molecular formula is C52H52Cl2SiZr-2. The summed E-state index contributed by atoms with van der Waals surface area (Å²) in [5.41, 5.74) is 9.79. The molecule has 8 rings (SSSR count). The van der Waals surface area contributed by atoms with Crippen LogP contribution in [0.5, 0.6) is 0 Å². The van der Waals surface area contributed by atoms with E-state index in [1.165, 1.54) is 76.4 Å². The van der Waals surface area contributed by atoms with E-state index < -0.39 is 23.4 Å². The van der Waals surface area contributed by atoms with Gasteiger partial charge in [-0.15, -0.1) is 39.7 Å². The van der Waals surface area contributed by atoms with Crippen LogP contribution in [0.3, 0.4) is 0 Å². The van der Waals surface area contributed by atoms with Gasteiger partial charge in [-0.3, -0.25) is 0 Å². The molecule has 0 N–H and O–H groups in total. The smallest absolute Gasteiger partial charge is 0.172 e. The van der Waals surface area contributed by atoms with E-state index in [1.807, 2.05) is 30.3 Å². The Labute approximate surface area is 350 Å². The van der Waals surface area contributed by atoms with E-state index in [0.717, 1.165) is 0 Å². The molecule has 0 unspecified atom stereocenters. The number of fused-ring (bicyclic) bond motifs is 3. The van der Waals surface area contributed by atoms with E-state index in [-0.39, 0.29) is 10.8 Å². The van der Waals surface area contributed by atoms with E-state index in [1.54, 1.807) is 0 Å². The van der Waals surface area contributed by atoms with Crippen molar-refractivity contribution in [3.63, 3.8) is 0 Å². The maximum atomic E-state index is 6.40. The van der Waals surface area contributed by atoms with E-state index in [2.05, 4.69) is 195 Å². The second-order valence-corrected chi connectivity index (χ2v) is 35.9. The third-order valence-electron chi connectivity index (χ3n) is 10.2. The Morgan fingerprint density at radius 2 is 0.857 bits per heavy atom. The van der Waals surface area contributed by atoms with Crippen LogP contribution >= 0.6 is 17.0 Å². The number of benzene rings is 6. The van der Waals surface area contributed by atoms with Crippen molar-refractivity contribution in [2.75, 3.05) is 0 Å². The molecular weight excluding hydrogens is 815 g/mol. The summed E-state index contributed by atoms with van der Waals surface area (Å²) in [4.78, 5) is 0. The molecule has 0 saturated heterocycles. The number of hydrogen-bond donors (Lipinski definition) is 0. The van der Waals surface area contributed by atoms with Crippen molar-refractivity contribution in [1.29, 1.82) is 0 Å². The van der Waals surface area contributed by atoms with Crippen molar-refractivity contribution in [1.82, 2.24) is 0 Å². The Bertz CT molecular complexity index is 2350. The van der Waals surface area contributed by atoms with Crippen LogP contribution in [0, 0.1) is 13.8 Å². The first kappa shape index (κ1) is 41.8. The molecule has 0 atom stereocenters.